The maximum Gasteiger partial charge on any atom is 0.243 e. The van der Waals surface area contributed by atoms with Gasteiger partial charge in [-0.05, 0) is 37.0 Å². The summed E-state index contributed by atoms with van der Waals surface area (Å²) in [5, 5.41) is 3.17. The molecule has 2 aromatic rings. The Morgan fingerprint density at radius 3 is 2.12 bits per heavy atom. The van der Waals surface area contributed by atoms with Gasteiger partial charge in [0.05, 0.1) is 10.8 Å². The first kappa shape index (κ1) is 17.2. The number of piperidine rings is 1. The van der Waals surface area contributed by atoms with E-state index >= 15 is 0 Å². The highest BCUT2D eigenvalue weighted by atomic mass is 32.2. The van der Waals surface area contributed by atoms with Gasteiger partial charge in [-0.1, -0.05) is 48.5 Å². The van der Waals surface area contributed by atoms with Crippen LogP contribution in [0, 0.1) is 0 Å². The number of hydrogen-bond acceptors (Lipinski definition) is 3. The van der Waals surface area contributed by atoms with E-state index < -0.39 is 10.0 Å². The number of hydrogen-bond donors (Lipinski definition) is 1. The number of nitrogens with one attached hydrogen (secondary N) is 1. The molecule has 0 saturated carbocycles. The molecule has 1 N–H and O–H groups in total. The van der Waals surface area contributed by atoms with Crippen molar-refractivity contribution in [1.82, 2.24) is 9.62 Å². The van der Waals surface area contributed by atoms with Crippen LogP contribution < -0.4 is 5.32 Å². The highest BCUT2D eigenvalue weighted by Crippen LogP contribution is 2.40. The fraction of sp³-hybridized carbons (Fsp3) is 0.350. The highest BCUT2D eigenvalue weighted by molar-refractivity contribution is 7.89. The maximum atomic E-state index is 12.8. The van der Waals surface area contributed by atoms with Crippen molar-refractivity contribution < 1.29 is 13.2 Å². The number of rotatable bonds is 3. The SMILES string of the molecule is O=C1NC2(CCN(S(=O)(=O)c3ccccc3)CC2)C[C@H]1c1ccccc1. The molecule has 0 unspecified atom stereocenters. The summed E-state index contributed by atoms with van der Waals surface area (Å²) in [5.74, 6) is -0.0935. The van der Waals surface area contributed by atoms with E-state index in [0.29, 0.717) is 30.8 Å². The molecular weight excluding hydrogens is 348 g/mol. The Bertz CT molecular complexity index is 889. The fourth-order valence-electron chi connectivity index (χ4n) is 4.06. The second-order valence-corrected chi connectivity index (χ2v) is 9.09. The zero-order chi connectivity index (χ0) is 18.2. The van der Waals surface area contributed by atoms with Gasteiger partial charge in [0.1, 0.15) is 0 Å². The molecule has 2 aliphatic rings. The Kier molecular flexibility index (Phi) is 4.32. The van der Waals surface area contributed by atoms with Crippen LogP contribution in [0.4, 0.5) is 0 Å². The molecule has 6 heteroatoms. The molecule has 136 valence electrons. The van der Waals surface area contributed by atoms with E-state index in [1.54, 1.807) is 24.3 Å². The van der Waals surface area contributed by atoms with Crippen molar-refractivity contribution in [3.8, 4) is 0 Å². The fourth-order valence-corrected chi connectivity index (χ4v) is 5.53. The van der Waals surface area contributed by atoms with E-state index in [4.69, 9.17) is 0 Å². The van der Waals surface area contributed by atoms with Gasteiger partial charge in [0.25, 0.3) is 0 Å². The van der Waals surface area contributed by atoms with E-state index in [0.717, 1.165) is 12.0 Å². The minimum absolute atomic E-state index is 0.0515. The Labute approximate surface area is 154 Å². The number of carbonyl (C=O) groups is 1. The summed E-state index contributed by atoms with van der Waals surface area (Å²) in [6.45, 7) is 0.859. The summed E-state index contributed by atoms with van der Waals surface area (Å²) in [4.78, 5) is 12.8. The van der Waals surface area contributed by atoms with Crippen molar-refractivity contribution in [2.24, 2.45) is 0 Å². The van der Waals surface area contributed by atoms with Crippen molar-refractivity contribution in [1.29, 1.82) is 0 Å². The van der Waals surface area contributed by atoms with Gasteiger partial charge in [-0.2, -0.15) is 4.31 Å². The van der Waals surface area contributed by atoms with Gasteiger partial charge in [-0.3, -0.25) is 4.79 Å². The molecule has 4 rings (SSSR count). The van der Waals surface area contributed by atoms with Crippen LogP contribution in [0.1, 0.15) is 30.7 Å². The molecule has 2 aromatic carbocycles. The van der Waals surface area contributed by atoms with Gasteiger partial charge in [0.15, 0.2) is 0 Å². The van der Waals surface area contributed by atoms with Crippen LogP contribution in [0.3, 0.4) is 0 Å². The third-order valence-electron chi connectivity index (χ3n) is 5.56. The topological polar surface area (TPSA) is 66.5 Å². The highest BCUT2D eigenvalue weighted by Gasteiger charge is 2.47. The molecule has 5 nitrogen and oxygen atoms in total. The average molecular weight is 370 g/mol. The van der Waals surface area contributed by atoms with Crippen LogP contribution in [-0.2, 0) is 14.8 Å². The molecule has 2 aliphatic heterocycles. The van der Waals surface area contributed by atoms with Gasteiger partial charge < -0.3 is 5.32 Å². The average Bonchev–Trinajstić information content (AvgIpc) is 2.99. The molecule has 2 fully saturated rings. The lowest BCUT2D eigenvalue weighted by molar-refractivity contribution is -0.121. The van der Waals surface area contributed by atoms with Gasteiger partial charge in [-0.25, -0.2) is 8.42 Å². The predicted molar refractivity (Wildman–Crippen MR) is 99.1 cm³/mol. The lowest BCUT2D eigenvalue weighted by Gasteiger charge is -2.38. The minimum atomic E-state index is -3.47. The number of sulfonamides is 1. The van der Waals surface area contributed by atoms with Crippen molar-refractivity contribution in [2.45, 2.75) is 35.6 Å². The monoisotopic (exact) mass is 370 g/mol. The summed E-state index contributed by atoms with van der Waals surface area (Å²) in [6.07, 6.45) is 2.03. The minimum Gasteiger partial charge on any atom is -0.350 e. The Balaban J connectivity index is 1.48. The summed E-state index contributed by atoms with van der Waals surface area (Å²) in [6, 6.07) is 18.3. The Morgan fingerprint density at radius 1 is 0.923 bits per heavy atom. The lowest BCUT2D eigenvalue weighted by Crippen LogP contribution is -2.52. The zero-order valence-corrected chi connectivity index (χ0v) is 15.3. The number of nitrogens with zero attached hydrogens (tertiary/aromatic N) is 1. The van der Waals surface area contributed by atoms with Crippen LogP contribution in [0.25, 0.3) is 0 Å². The molecular formula is C20H22N2O3S. The van der Waals surface area contributed by atoms with Crippen LogP contribution in [-0.4, -0.2) is 37.3 Å². The number of amides is 1. The summed E-state index contributed by atoms with van der Waals surface area (Å²) in [5.41, 5.74) is 0.738. The van der Waals surface area contributed by atoms with Crippen molar-refractivity contribution >= 4 is 15.9 Å². The van der Waals surface area contributed by atoms with Crippen LogP contribution in [0.2, 0.25) is 0 Å². The molecule has 0 aromatic heterocycles. The first-order valence-corrected chi connectivity index (χ1v) is 10.4. The summed E-state index contributed by atoms with van der Waals surface area (Å²) < 4.78 is 27.1. The number of benzene rings is 2. The quantitative estimate of drug-likeness (QED) is 0.903. The van der Waals surface area contributed by atoms with Crippen molar-refractivity contribution in [2.75, 3.05) is 13.1 Å². The molecule has 26 heavy (non-hydrogen) atoms. The third-order valence-corrected chi connectivity index (χ3v) is 7.48. The van der Waals surface area contributed by atoms with Crippen LogP contribution >= 0.6 is 0 Å². The van der Waals surface area contributed by atoms with Crippen molar-refractivity contribution in [3.63, 3.8) is 0 Å². The van der Waals surface area contributed by atoms with Gasteiger partial charge in [-0.15, -0.1) is 0 Å². The normalized spacial score (nSPS) is 23.1. The Morgan fingerprint density at radius 2 is 1.50 bits per heavy atom. The second-order valence-electron chi connectivity index (χ2n) is 7.15. The van der Waals surface area contributed by atoms with E-state index in [-0.39, 0.29) is 17.4 Å². The zero-order valence-electron chi connectivity index (χ0n) is 14.5. The van der Waals surface area contributed by atoms with Gasteiger partial charge in [0.2, 0.25) is 15.9 Å². The first-order chi connectivity index (χ1) is 12.5. The van der Waals surface area contributed by atoms with Gasteiger partial charge in [0, 0.05) is 18.6 Å². The standard InChI is InChI=1S/C20H22N2O3S/c23-19-18(16-7-3-1-4-8-16)15-20(21-19)11-13-22(14-12-20)26(24,25)17-9-5-2-6-10-17/h1-10,18H,11-15H2,(H,21,23)/t18-/m0/s1. The molecule has 1 spiro atoms. The molecule has 1 amide bonds. The molecule has 0 radical (unpaired) electrons. The molecule has 2 saturated heterocycles. The summed E-state index contributed by atoms with van der Waals surface area (Å²) in [7, 11) is -3.47. The summed E-state index contributed by atoms with van der Waals surface area (Å²) >= 11 is 0. The molecule has 0 aliphatic carbocycles. The third kappa shape index (κ3) is 3.04. The molecule has 2 heterocycles. The first-order valence-electron chi connectivity index (χ1n) is 8.92. The Hall–Kier alpha value is -2.18. The van der Waals surface area contributed by atoms with E-state index in [9.17, 15) is 13.2 Å². The largest absolute Gasteiger partial charge is 0.350 e. The van der Waals surface area contributed by atoms with Crippen LogP contribution in [0.15, 0.2) is 65.6 Å². The van der Waals surface area contributed by atoms with Crippen LogP contribution in [0.5, 0.6) is 0 Å². The molecule has 1 atom stereocenters. The van der Waals surface area contributed by atoms with E-state index in [1.165, 1.54) is 4.31 Å². The smallest absolute Gasteiger partial charge is 0.243 e. The number of carbonyl (C=O) groups excluding carboxylic acids is 1. The van der Waals surface area contributed by atoms with E-state index in [2.05, 4.69) is 5.32 Å². The lowest BCUT2D eigenvalue weighted by atomic mass is 9.82. The molecule has 0 bridgehead atoms. The second kappa shape index (κ2) is 6.52. The van der Waals surface area contributed by atoms with Crippen molar-refractivity contribution in [3.05, 3.63) is 66.2 Å². The van der Waals surface area contributed by atoms with Gasteiger partial charge >= 0.3 is 0 Å². The van der Waals surface area contributed by atoms with E-state index in [1.807, 2.05) is 36.4 Å². The maximum absolute atomic E-state index is 12.8. The predicted octanol–water partition coefficient (Wildman–Crippen LogP) is 2.51.